The van der Waals surface area contributed by atoms with Crippen molar-refractivity contribution >= 4 is 5.71 Å². The highest BCUT2D eigenvalue weighted by molar-refractivity contribution is 6.16. The van der Waals surface area contributed by atoms with E-state index in [-0.39, 0.29) is 10.8 Å². The van der Waals surface area contributed by atoms with Crippen LogP contribution in [0.15, 0.2) is 64.8 Å². The number of fused-ring (bicyclic) bond motifs is 2. The zero-order valence-corrected chi connectivity index (χ0v) is 17.1. The third-order valence-electron chi connectivity index (χ3n) is 7.84. The minimum absolute atomic E-state index is 0.0511. The SMILES string of the molecule is CC=CC12C/C1=C(\C)C(C)c1cccc3c1C(=N)C1=C(C=CCC12)C3(C)C. The molecule has 4 aliphatic rings. The second-order valence-corrected chi connectivity index (χ2v) is 9.39. The first-order valence-corrected chi connectivity index (χ1v) is 10.3. The van der Waals surface area contributed by atoms with E-state index >= 15 is 0 Å². The van der Waals surface area contributed by atoms with Crippen LogP contribution in [0, 0.1) is 16.7 Å². The predicted octanol–water partition coefficient (Wildman–Crippen LogP) is 6.62. The summed E-state index contributed by atoms with van der Waals surface area (Å²) in [6.07, 6.45) is 11.6. The van der Waals surface area contributed by atoms with Crippen molar-refractivity contribution in [3.63, 3.8) is 0 Å². The Bertz CT molecular complexity index is 1010. The standard InChI is InChI=1S/C26H29N/c1-6-13-26-14-21(26)16(3)15(2)17-9-7-10-18-22(17)24(27)23-19(25(18,4)5)11-8-12-20(23)26/h6-11,13,15,20,27H,12,14H2,1-5H3/b13-6?,21-16-,27-24?. The molecule has 1 nitrogen and oxygen atoms in total. The van der Waals surface area contributed by atoms with Gasteiger partial charge in [0.2, 0.25) is 0 Å². The van der Waals surface area contributed by atoms with Crippen LogP contribution in [-0.2, 0) is 5.41 Å². The monoisotopic (exact) mass is 355 g/mol. The average Bonchev–Trinajstić information content (AvgIpc) is 3.39. The Labute approximate surface area is 163 Å². The molecule has 138 valence electrons. The molecule has 0 aromatic heterocycles. The summed E-state index contributed by atoms with van der Waals surface area (Å²) in [5.74, 6) is 0.769. The number of hydrogen-bond acceptors (Lipinski definition) is 1. The molecule has 0 saturated heterocycles. The highest BCUT2D eigenvalue weighted by atomic mass is 14.6. The summed E-state index contributed by atoms with van der Waals surface area (Å²) in [7, 11) is 0. The van der Waals surface area contributed by atoms with Crippen molar-refractivity contribution in [1.82, 2.24) is 0 Å². The quantitative estimate of drug-likeness (QED) is 0.547. The highest BCUT2D eigenvalue weighted by Gasteiger charge is 2.57. The van der Waals surface area contributed by atoms with Gasteiger partial charge in [-0.05, 0) is 49.0 Å². The van der Waals surface area contributed by atoms with Crippen molar-refractivity contribution in [2.24, 2.45) is 11.3 Å². The zero-order valence-electron chi connectivity index (χ0n) is 17.1. The number of benzene rings is 1. The molecule has 0 heterocycles. The fourth-order valence-electron chi connectivity index (χ4n) is 6.21. The van der Waals surface area contributed by atoms with Crippen LogP contribution in [0.25, 0.3) is 0 Å². The molecule has 1 fully saturated rings. The number of allylic oxidation sites excluding steroid dienone is 8. The van der Waals surface area contributed by atoms with Crippen LogP contribution in [0.2, 0.25) is 0 Å². The number of hydrogen-bond donors (Lipinski definition) is 1. The van der Waals surface area contributed by atoms with Gasteiger partial charge in [-0.15, -0.1) is 0 Å². The lowest BCUT2D eigenvalue weighted by atomic mass is 9.61. The summed E-state index contributed by atoms with van der Waals surface area (Å²) in [6, 6.07) is 6.73. The lowest BCUT2D eigenvalue weighted by molar-refractivity contribution is 0.449. The van der Waals surface area contributed by atoms with Gasteiger partial charge in [0, 0.05) is 28.2 Å². The summed E-state index contributed by atoms with van der Waals surface area (Å²) >= 11 is 0. The van der Waals surface area contributed by atoms with Crippen molar-refractivity contribution in [1.29, 1.82) is 5.41 Å². The van der Waals surface area contributed by atoms with E-state index in [1.807, 2.05) is 0 Å². The van der Waals surface area contributed by atoms with Gasteiger partial charge in [0.1, 0.15) is 0 Å². The van der Waals surface area contributed by atoms with Gasteiger partial charge < -0.3 is 0 Å². The summed E-state index contributed by atoms with van der Waals surface area (Å²) in [5, 5.41) is 9.33. The van der Waals surface area contributed by atoms with Crippen molar-refractivity contribution in [2.45, 2.75) is 58.8 Å². The maximum absolute atomic E-state index is 9.33. The van der Waals surface area contributed by atoms with Crippen LogP contribution >= 0.6 is 0 Å². The molecule has 0 aliphatic heterocycles. The molecule has 1 N–H and O–H groups in total. The summed E-state index contributed by atoms with van der Waals surface area (Å²) < 4.78 is 0. The molecule has 1 saturated carbocycles. The first kappa shape index (κ1) is 17.0. The van der Waals surface area contributed by atoms with Gasteiger partial charge in [0.15, 0.2) is 0 Å². The van der Waals surface area contributed by atoms with E-state index in [2.05, 4.69) is 77.1 Å². The first-order chi connectivity index (χ1) is 12.8. The molecular formula is C26H29N. The van der Waals surface area contributed by atoms with Gasteiger partial charge in [0.25, 0.3) is 0 Å². The minimum atomic E-state index is -0.0511. The number of rotatable bonds is 1. The van der Waals surface area contributed by atoms with Crippen molar-refractivity contribution in [3.05, 3.63) is 81.5 Å². The third kappa shape index (κ3) is 1.93. The summed E-state index contributed by atoms with van der Waals surface area (Å²) in [4.78, 5) is 0. The minimum Gasteiger partial charge on any atom is -0.300 e. The topological polar surface area (TPSA) is 23.9 Å². The van der Waals surface area contributed by atoms with Crippen LogP contribution in [-0.4, -0.2) is 5.71 Å². The maximum atomic E-state index is 9.33. The molecule has 0 spiro atoms. The lowest BCUT2D eigenvalue weighted by Crippen LogP contribution is -2.37. The summed E-state index contributed by atoms with van der Waals surface area (Å²) in [5.41, 5.74) is 10.6. The lowest BCUT2D eigenvalue weighted by Gasteiger charge is -2.42. The van der Waals surface area contributed by atoms with E-state index in [0.717, 1.165) is 18.6 Å². The second-order valence-electron chi connectivity index (χ2n) is 9.39. The molecule has 3 unspecified atom stereocenters. The summed E-state index contributed by atoms with van der Waals surface area (Å²) in [6.45, 7) is 11.5. The first-order valence-electron chi connectivity index (χ1n) is 10.3. The van der Waals surface area contributed by atoms with Crippen molar-refractivity contribution in [2.75, 3.05) is 0 Å². The molecule has 1 heteroatoms. The van der Waals surface area contributed by atoms with Gasteiger partial charge in [-0.1, -0.05) is 74.4 Å². The Morgan fingerprint density at radius 3 is 2.74 bits per heavy atom. The molecule has 2 bridgehead atoms. The second kappa shape index (κ2) is 5.22. The third-order valence-corrected chi connectivity index (χ3v) is 7.84. The fourth-order valence-corrected chi connectivity index (χ4v) is 6.21. The Morgan fingerprint density at radius 2 is 2.00 bits per heavy atom. The van der Waals surface area contributed by atoms with Crippen molar-refractivity contribution in [3.8, 4) is 0 Å². The molecule has 5 rings (SSSR count). The molecule has 1 aromatic carbocycles. The molecule has 0 radical (unpaired) electrons. The average molecular weight is 356 g/mol. The Kier molecular flexibility index (Phi) is 3.28. The zero-order chi connectivity index (χ0) is 19.1. The van der Waals surface area contributed by atoms with E-state index < -0.39 is 0 Å². The van der Waals surface area contributed by atoms with Crippen LogP contribution in [0.5, 0.6) is 0 Å². The van der Waals surface area contributed by atoms with E-state index in [1.54, 1.807) is 5.57 Å². The van der Waals surface area contributed by atoms with Gasteiger partial charge in [-0.25, -0.2) is 0 Å². The fraction of sp³-hybridized carbons (Fsp3) is 0.423. The van der Waals surface area contributed by atoms with Gasteiger partial charge in [0.05, 0.1) is 5.71 Å². The van der Waals surface area contributed by atoms with Gasteiger partial charge in [-0.3, -0.25) is 5.41 Å². The van der Waals surface area contributed by atoms with Crippen LogP contribution < -0.4 is 0 Å². The number of nitrogens with one attached hydrogen (secondary N) is 1. The molecular weight excluding hydrogens is 326 g/mol. The molecule has 1 aromatic rings. The maximum Gasteiger partial charge on any atom is 0.0656 e. The van der Waals surface area contributed by atoms with E-state index in [9.17, 15) is 5.41 Å². The largest absolute Gasteiger partial charge is 0.300 e. The van der Waals surface area contributed by atoms with Crippen LogP contribution in [0.1, 0.15) is 70.1 Å². The normalized spacial score (nSPS) is 35.7. The molecule has 27 heavy (non-hydrogen) atoms. The van der Waals surface area contributed by atoms with E-state index in [1.165, 1.54) is 33.4 Å². The Morgan fingerprint density at radius 1 is 1.22 bits per heavy atom. The molecule has 0 amide bonds. The van der Waals surface area contributed by atoms with E-state index in [0.29, 0.717) is 11.8 Å². The van der Waals surface area contributed by atoms with Crippen LogP contribution in [0.3, 0.4) is 0 Å². The van der Waals surface area contributed by atoms with Crippen LogP contribution in [0.4, 0.5) is 0 Å². The molecule has 3 atom stereocenters. The van der Waals surface area contributed by atoms with E-state index in [4.69, 9.17) is 0 Å². The smallest absolute Gasteiger partial charge is 0.0656 e. The Balaban J connectivity index is 1.93. The van der Waals surface area contributed by atoms with Gasteiger partial charge in [-0.2, -0.15) is 0 Å². The highest BCUT2D eigenvalue weighted by Crippen LogP contribution is 2.67. The van der Waals surface area contributed by atoms with Crippen molar-refractivity contribution < 1.29 is 0 Å². The Hall–Kier alpha value is -2.15. The molecule has 4 aliphatic carbocycles. The predicted molar refractivity (Wildman–Crippen MR) is 114 cm³/mol. The van der Waals surface area contributed by atoms with Gasteiger partial charge >= 0.3 is 0 Å².